The number of carbonyl (C=O) groups excluding carboxylic acids is 1. The van der Waals surface area contributed by atoms with E-state index >= 15 is 0 Å². The molecule has 0 aliphatic carbocycles. The summed E-state index contributed by atoms with van der Waals surface area (Å²) < 4.78 is 29.0. The number of hydrogen-bond donors (Lipinski definition) is 0. The van der Waals surface area contributed by atoms with E-state index in [1.54, 1.807) is 52.0 Å². The van der Waals surface area contributed by atoms with Crippen molar-refractivity contribution in [3.05, 3.63) is 45.7 Å². The number of hydrogen-bond acceptors (Lipinski definition) is 4. The predicted molar refractivity (Wildman–Crippen MR) is 95.7 cm³/mol. The largest absolute Gasteiger partial charge is 0.278 e. The Labute approximate surface area is 150 Å². The van der Waals surface area contributed by atoms with Crippen molar-refractivity contribution in [2.75, 3.05) is 13.1 Å². The normalized spacial score (nSPS) is 11.9. The topological polar surface area (TPSA) is 72.3 Å². The SMILES string of the molecule is CCN(CC)S(=O)(=O)c1c(C)nn(C(=O)c2ccc(Br)cc2)c1C. The fraction of sp³-hybridized carbons (Fsp3) is 0.375. The molecule has 0 fully saturated rings. The van der Waals surface area contributed by atoms with Crippen molar-refractivity contribution in [3.8, 4) is 0 Å². The summed E-state index contributed by atoms with van der Waals surface area (Å²) in [4.78, 5) is 12.8. The molecule has 2 aromatic rings. The van der Waals surface area contributed by atoms with Crippen LogP contribution in [-0.2, 0) is 10.0 Å². The average molecular weight is 414 g/mol. The van der Waals surface area contributed by atoms with Crippen molar-refractivity contribution in [3.63, 3.8) is 0 Å². The van der Waals surface area contributed by atoms with Crippen LogP contribution in [0.25, 0.3) is 0 Å². The first kappa shape index (κ1) is 18.8. The average Bonchev–Trinajstić information content (AvgIpc) is 2.83. The number of benzene rings is 1. The molecule has 0 atom stereocenters. The molecule has 8 heteroatoms. The lowest BCUT2D eigenvalue weighted by Gasteiger charge is -2.18. The van der Waals surface area contributed by atoms with Crippen LogP contribution in [0.5, 0.6) is 0 Å². The van der Waals surface area contributed by atoms with Gasteiger partial charge in [-0.2, -0.15) is 14.1 Å². The fourth-order valence-electron chi connectivity index (χ4n) is 2.61. The van der Waals surface area contributed by atoms with Gasteiger partial charge in [0.05, 0.1) is 11.4 Å². The zero-order valence-corrected chi connectivity index (χ0v) is 16.5. The third-order valence-corrected chi connectivity index (χ3v) is 6.64. The molecule has 24 heavy (non-hydrogen) atoms. The summed E-state index contributed by atoms with van der Waals surface area (Å²) in [5, 5.41) is 4.18. The Hall–Kier alpha value is -1.51. The molecule has 0 N–H and O–H groups in total. The zero-order valence-electron chi connectivity index (χ0n) is 14.1. The molecule has 1 heterocycles. The van der Waals surface area contributed by atoms with Crippen molar-refractivity contribution in [1.29, 1.82) is 0 Å². The maximum atomic E-state index is 12.8. The van der Waals surface area contributed by atoms with Crippen molar-refractivity contribution in [2.45, 2.75) is 32.6 Å². The van der Waals surface area contributed by atoms with Gasteiger partial charge in [0.1, 0.15) is 4.90 Å². The van der Waals surface area contributed by atoms with Crippen LogP contribution in [0.2, 0.25) is 0 Å². The van der Waals surface area contributed by atoms with E-state index < -0.39 is 10.0 Å². The number of aryl methyl sites for hydroxylation is 1. The quantitative estimate of drug-likeness (QED) is 0.754. The number of carbonyl (C=O) groups is 1. The van der Waals surface area contributed by atoms with E-state index in [0.29, 0.717) is 30.0 Å². The van der Waals surface area contributed by atoms with Crippen LogP contribution in [0.15, 0.2) is 33.6 Å². The predicted octanol–water partition coefficient (Wildman–Crippen LogP) is 2.98. The third kappa shape index (κ3) is 3.31. The standard InChI is InChI=1S/C16H20BrN3O3S/c1-5-19(6-2)24(22,23)15-11(3)18-20(12(15)4)16(21)13-7-9-14(17)10-8-13/h7-10H,5-6H2,1-4H3. The smallest absolute Gasteiger partial charge is 0.267 e. The third-order valence-electron chi connectivity index (χ3n) is 3.81. The van der Waals surface area contributed by atoms with Gasteiger partial charge in [0.25, 0.3) is 5.91 Å². The maximum absolute atomic E-state index is 12.8. The molecule has 0 amide bonds. The number of nitrogens with zero attached hydrogens (tertiary/aromatic N) is 3. The number of aromatic nitrogens is 2. The molecule has 0 aliphatic heterocycles. The molecule has 6 nitrogen and oxygen atoms in total. The van der Waals surface area contributed by atoms with Crippen LogP contribution >= 0.6 is 15.9 Å². The Morgan fingerprint density at radius 2 is 1.71 bits per heavy atom. The Kier molecular flexibility index (Phi) is 5.62. The van der Waals surface area contributed by atoms with E-state index in [0.717, 1.165) is 9.15 Å². The first-order chi connectivity index (χ1) is 11.2. The highest BCUT2D eigenvalue weighted by molar-refractivity contribution is 9.10. The highest BCUT2D eigenvalue weighted by atomic mass is 79.9. The van der Waals surface area contributed by atoms with Crippen LogP contribution in [0.3, 0.4) is 0 Å². The molecule has 1 aromatic heterocycles. The van der Waals surface area contributed by atoms with Crippen LogP contribution in [0, 0.1) is 13.8 Å². The minimum Gasteiger partial charge on any atom is -0.267 e. The second-order valence-corrected chi connectivity index (χ2v) is 8.10. The van der Waals surface area contributed by atoms with Crippen molar-refractivity contribution in [2.24, 2.45) is 0 Å². The van der Waals surface area contributed by atoms with E-state index in [1.807, 2.05) is 0 Å². The minimum atomic E-state index is -3.67. The highest BCUT2D eigenvalue weighted by Gasteiger charge is 2.30. The second-order valence-electron chi connectivity index (χ2n) is 5.31. The second kappa shape index (κ2) is 7.16. The summed E-state index contributed by atoms with van der Waals surface area (Å²) >= 11 is 3.32. The van der Waals surface area contributed by atoms with E-state index in [9.17, 15) is 13.2 Å². The van der Waals surface area contributed by atoms with E-state index in [1.165, 1.54) is 4.31 Å². The molecular formula is C16H20BrN3O3S. The van der Waals surface area contributed by atoms with Crippen LogP contribution < -0.4 is 0 Å². The summed E-state index contributed by atoms with van der Waals surface area (Å²) in [6.07, 6.45) is 0. The molecule has 0 saturated heterocycles. The van der Waals surface area contributed by atoms with Gasteiger partial charge in [0, 0.05) is 23.1 Å². The molecule has 2 rings (SSSR count). The summed E-state index contributed by atoms with van der Waals surface area (Å²) in [7, 11) is -3.67. The summed E-state index contributed by atoms with van der Waals surface area (Å²) in [5.74, 6) is -0.357. The van der Waals surface area contributed by atoms with Gasteiger partial charge >= 0.3 is 0 Å². The first-order valence-electron chi connectivity index (χ1n) is 7.60. The molecule has 0 spiro atoms. The van der Waals surface area contributed by atoms with Crippen LogP contribution in [0.4, 0.5) is 0 Å². The van der Waals surface area contributed by atoms with Gasteiger partial charge in [0.2, 0.25) is 10.0 Å². The number of rotatable bonds is 5. The van der Waals surface area contributed by atoms with Gasteiger partial charge < -0.3 is 0 Å². The Bertz CT molecular complexity index is 853. The van der Waals surface area contributed by atoms with Crippen molar-refractivity contribution < 1.29 is 13.2 Å². The lowest BCUT2D eigenvalue weighted by atomic mass is 10.2. The summed E-state index contributed by atoms with van der Waals surface area (Å²) in [5.41, 5.74) is 1.09. The molecule has 0 radical (unpaired) electrons. The van der Waals surface area contributed by atoms with Crippen molar-refractivity contribution >= 4 is 31.9 Å². The van der Waals surface area contributed by atoms with Gasteiger partial charge in [0.15, 0.2) is 0 Å². The summed E-state index contributed by atoms with van der Waals surface area (Å²) in [6, 6.07) is 6.85. The van der Waals surface area contributed by atoms with Gasteiger partial charge in [-0.15, -0.1) is 0 Å². The Balaban J connectivity index is 2.53. The molecule has 0 saturated carbocycles. The minimum absolute atomic E-state index is 0.108. The molecule has 0 aliphatic rings. The Morgan fingerprint density at radius 3 is 2.21 bits per heavy atom. The maximum Gasteiger partial charge on any atom is 0.278 e. The van der Waals surface area contributed by atoms with E-state index in [2.05, 4.69) is 21.0 Å². The molecule has 130 valence electrons. The van der Waals surface area contributed by atoms with Crippen LogP contribution in [-0.4, -0.2) is 41.5 Å². The van der Waals surface area contributed by atoms with Gasteiger partial charge in [-0.05, 0) is 38.1 Å². The number of sulfonamides is 1. The first-order valence-corrected chi connectivity index (χ1v) is 9.84. The van der Waals surface area contributed by atoms with E-state index in [4.69, 9.17) is 0 Å². The zero-order chi connectivity index (χ0) is 18.1. The number of halogens is 1. The summed E-state index contributed by atoms with van der Waals surface area (Å²) in [6.45, 7) is 7.50. The molecule has 0 unspecified atom stereocenters. The fourth-order valence-corrected chi connectivity index (χ4v) is 4.68. The Morgan fingerprint density at radius 1 is 1.17 bits per heavy atom. The molecule has 0 bridgehead atoms. The van der Waals surface area contributed by atoms with Gasteiger partial charge in [-0.3, -0.25) is 4.79 Å². The lowest BCUT2D eigenvalue weighted by molar-refractivity contribution is 0.0942. The van der Waals surface area contributed by atoms with Gasteiger partial charge in [-0.25, -0.2) is 8.42 Å². The van der Waals surface area contributed by atoms with Gasteiger partial charge in [-0.1, -0.05) is 29.8 Å². The van der Waals surface area contributed by atoms with Crippen molar-refractivity contribution in [1.82, 2.24) is 14.1 Å². The molecule has 1 aromatic carbocycles. The van der Waals surface area contributed by atoms with Crippen LogP contribution in [0.1, 0.15) is 35.6 Å². The monoisotopic (exact) mass is 413 g/mol. The van der Waals surface area contributed by atoms with E-state index in [-0.39, 0.29) is 10.8 Å². The lowest BCUT2D eigenvalue weighted by Crippen LogP contribution is -2.31. The molecular weight excluding hydrogens is 394 g/mol. The highest BCUT2D eigenvalue weighted by Crippen LogP contribution is 2.24.